The molecule has 8 nitrogen and oxygen atoms in total. The Morgan fingerprint density at radius 2 is 1.85 bits per heavy atom. The number of hydrogen-bond donors (Lipinski definition) is 2. The van der Waals surface area contributed by atoms with Crippen LogP contribution < -0.4 is 15.4 Å². The molecular weight excluding hydrogens is 438 g/mol. The van der Waals surface area contributed by atoms with E-state index in [-0.39, 0.29) is 0 Å². The summed E-state index contributed by atoms with van der Waals surface area (Å²) in [4.78, 5) is 11.4. The minimum absolute atomic E-state index is 0.301. The Bertz CT molecular complexity index is 1140. The van der Waals surface area contributed by atoms with E-state index in [1.54, 1.807) is 10.9 Å². The largest absolute Gasteiger partial charge is 0.488 e. The summed E-state index contributed by atoms with van der Waals surface area (Å²) < 4.78 is 8.02. The molecule has 0 amide bonds. The van der Waals surface area contributed by atoms with Gasteiger partial charge in [0.05, 0.1) is 29.4 Å². The van der Waals surface area contributed by atoms with Crippen LogP contribution in [0.2, 0.25) is 5.02 Å². The Kier molecular flexibility index (Phi) is 6.12. The maximum Gasteiger partial charge on any atom is 0.229 e. The lowest BCUT2D eigenvalue weighted by atomic mass is 9.89. The second-order valence-electron chi connectivity index (χ2n) is 9.09. The first-order valence-corrected chi connectivity index (χ1v) is 11.9. The molecule has 9 heteroatoms. The highest BCUT2D eigenvalue weighted by atomic mass is 35.5. The number of likely N-dealkylation sites (tertiary alicyclic amines) is 1. The molecule has 5 rings (SSSR count). The van der Waals surface area contributed by atoms with Crippen molar-refractivity contribution in [3.63, 3.8) is 0 Å². The summed E-state index contributed by atoms with van der Waals surface area (Å²) in [5.74, 6) is 2.42. The molecule has 2 aliphatic rings. The van der Waals surface area contributed by atoms with Gasteiger partial charge in [-0.05, 0) is 76.4 Å². The van der Waals surface area contributed by atoms with E-state index in [0.29, 0.717) is 28.8 Å². The van der Waals surface area contributed by atoms with E-state index in [1.807, 2.05) is 20.2 Å². The van der Waals surface area contributed by atoms with Gasteiger partial charge in [-0.3, -0.25) is 4.68 Å². The van der Waals surface area contributed by atoms with Gasteiger partial charge in [-0.2, -0.15) is 10.1 Å². The average Bonchev–Trinajstić information content (AvgIpc) is 3.55. The lowest BCUT2D eigenvalue weighted by Crippen LogP contribution is -2.29. The zero-order valence-corrected chi connectivity index (χ0v) is 20.1. The van der Waals surface area contributed by atoms with E-state index >= 15 is 0 Å². The van der Waals surface area contributed by atoms with Gasteiger partial charge in [0.25, 0.3) is 0 Å². The lowest BCUT2D eigenvalue weighted by molar-refractivity contribution is 0.254. The van der Waals surface area contributed by atoms with E-state index in [2.05, 4.69) is 55.8 Å². The summed E-state index contributed by atoms with van der Waals surface area (Å²) in [5, 5.41) is 11.4. The van der Waals surface area contributed by atoms with Crippen molar-refractivity contribution in [3.05, 3.63) is 46.9 Å². The summed E-state index contributed by atoms with van der Waals surface area (Å²) in [6, 6.07) is 6.48. The smallest absolute Gasteiger partial charge is 0.229 e. The number of halogens is 1. The number of hydrogen-bond acceptors (Lipinski definition) is 7. The van der Waals surface area contributed by atoms with Gasteiger partial charge in [-0.25, -0.2) is 4.98 Å². The fourth-order valence-electron chi connectivity index (χ4n) is 4.19. The monoisotopic (exact) mass is 467 g/mol. The highest BCUT2D eigenvalue weighted by Gasteiger charge is 2.26. The van der Waals surface area contributed by atoms with Crippen LogP contribution in [0.4, 0.5) is 23.1 Å². The number of aryl methyl sites for hydroxylation is 2. The Morgan fingerprint density at radius 1 is 1.06 bits per heavy atom. The van der Waals surface area contributed by atoms with Crippen LogP contribution in [0.1, 0.15) is 42.9 Å². The zero-order valence-electron chi connectivity index (χ0n) is 19.3. The van der Waals surface area contributed by atoms with Gasteiger partial charge in [0.1, 0.15) is 10.8 Å². The molecule has 2 fully saturated rings. The van der Waals surface area contributed by atoms with E-state index in [9.17, 15) is 0 Å². The number of ether oxygens (including phenoxy) is 1. The van der Waals surface area contributed by atoms with Crippen molar-refractivity contribution >= 4 is 34.7 Å². The molecule has 1 aromatic carbocycles. The standard InChI is InChI=1S/C24H30ClN7O/c1-15-21(14-32(3)30-15)27-23-19(25)13-26-24(29-23)28-20-7-4-17(12-22(20)33-18-5-6-18)16-8-10-31(2)11-9-16/h4,7,12-14,16,18H,5-6,8-11H2,1-3H3,(H2,26,27,28,29). The molecule has 1 saturated heterocycles. The van der Waals surface area contributed by atoms with Gasteiger partial charge < -0.3 is 20.3 Å². The van der Waals surface area contributed by atoms with E-state index in [1.165, 1.54) is 18.4 Å². The van der Waals surface area contributed by atoms with Crippen LogP contribution in [-0.4, -0.2) is 50.9 Å². The summed E-state index contributed by atoms with van der Waals surface area (Å²) in [5.41, 5.74) is 3.93. The minimum Gasteiger partial charge on any atom is -0.488 e. The number of anilines is 4. The molecule has 1 saturated carbocycles. The third-order valence-corrected chi connectivity index (χ3v) is 6.55. The first kappa shape index (κ1) is 22.0. The number of piperidine rings is 1. The van der Waals surface area contributed by atoms with Crippen molar-refractivity contribution in [3.8, 4) is 5.75 Å². The van der Waals surface area contributed by atoms with Gasteiger partial charge in [-0.15, -0.1) is 0 Å². The lowest BCUT2D eigenvalue weighted by Gasteiger charge is -2.29. The quantitative estimate of drug-likeness (QED) is 0.505. The SMILES string of the molecule is Cc1nn(C)cc1Nc1nc(Nc2ccc(C3CCN(C)CC3)cc2OC2CC2)ncc1Cl. The topological polar surface area (TPSA) is 80.1 Å². The molecule has 2 aromatic heterocycles. The van der Waals surface area contributed by atoms with Crippen molar-refractivity contribution in [2.24, 2.45) is 7.05 Å². The molecule has 3 heterocycles. The van der Waals surface area contributed by atoms with Crippen LogP contribution in [0.3, 0.4) is 0 Å². The number of nitrogens with zero attached hydrogens (tertiary/aromatic N) is 5. The number of benzene rings is 1. The van der Waals surface area contributed by atoms with Crippen LogP contribution >= 0.6 is 11.6 Å². The molecule has 0 atom stereocenters. The van der Waals surface area contributed by atoms with Crippen molar-refractivity contribution in [2.75, 3.05) is 30.8 Å². The van der Waals surface area contributed by atoms with Gasteiger partial charge in [-0.1, -0.05) is 17.7 Å². The van der Waals surface area contributed by atoms with Crippen LogP contribution in [0.25, 0.3) is 0 Å². The second kappa shape index (κ2) is 9.19. The Labute approximate surface area is 199 Å². The van der Waals surface area contributed by atoms with E-state index < -0.39 is 0 Å². The van der Waals surface area contributed by atoms with Crippen LogP contribution in [-0.2, 0) is 7.05 Å². The molecule has 3 aromatic rings. The van der Waals surface area contributed by atoms with E-state index in [4.69, 9.17) is 16.3 Å². The van der Waals surface area contributed by atoms with Gasteiger partial charge in [0.2, 0.25) is 5.95 Å². The van der Waals surface area contributed by atoms with Crippen molar-refractivity contribution in [1.29, 1.82) is 0 Å². The Balaban J connectivity index is 1.38. The maximum absolute atomic E-state index is 6.36. The van der Waals surface area contributed by atoms with Crippen LogP contribution in [0, 0.1) is 6.92 Å². The van der Waals surface area contributed by atoms with Gasteiger partial charge >= 0.3 is 0 Å². The molecule has 0 radical (unpaired) electrons. The fourth-order valence-corrected chi connectivity index (χ4v) is 4.32. The molecule has 0 spiro atoms. The molecular formula is C24H30ClN7O. The molecule has 33 heavy (non-hydrogen) atoms. The van der Waals surface area contributed by atoms with Gasteiger partial charge in [0.15, 0.2) is 5.82 Å². The molecule has 1 aliphatic carbocycles. The third-order valence-electron chi connectivity index (χ3n) is 6.27. The summed E-state index contributed by atoms with van der Waals surface area (Å²) in [6.07, 6.45) is 8.35. The summed E-state index contributed by atoms with van der Waals surface area (Å²) in [6.45, 7) is 4.20. The van der Waals surface area contributed by atoms with Gasteiger partial charge in [0, 0.05) is 13.2 Å². The van der Waals surface area contributed by atoms with Crippen LogP contribution in [0.5, 0.6) is 5.75 Å². The Hall–Kier alpha value is -2.84. The maximum atomic E-state index is 6.36. The molecule has 0 bridgehead atoms. The minimum atomic E-state index is 0.301. The summed E-state index contributed by atoms with van der Waals surface area (Å²) >= 11 is 6.36. The molecule has 0 unspecified atom stereocenters. The highest BCUT2D eigenvalue weighted by Crippen LogP contribution is 2.38. The van der Waals surface area contributed by atoms with Crippen LogP contribution in [0.15, 0.2) is 30.6 Å². The Morgan fingerprint density at radius 3 is 2.55 bits per heavy atom. The van der Waals surface area contributed by atoms with Crippen molar-refractivity contribution < 1.29 is 4.74 Å². The first-order valence-electron chi connectivity index (χ1n) is 11.5. The average molecular weight is 468 g/mol. The number of aromatic nitrogens is 4. The highest BCUT2D eigenvalue weighted by molar-refractivity contribution is 6.32. The van der Waals surface area contributed by atoms with Crippen molar-refractivity contribution in [2.45, 2.75) is 44.6 Å². The zero-order chi connectivity index (χ0) is 22.9. The fraction of sp³-hybridized carbons (Fsp3) is 0.458. The predicted molar refractivity (Wildman–Crippen MR) is 131 cm³/mol. The second-order valence-corrected chi connectivity index (χ2v) is 9.50. The normalized spacial score (nSPS) is 17.2. The molecule has 174 valence electrons. The summed E-state index contributed by atoms with van der Waals surface area (Å²) in [7, 11) is 4.07. The number of nitrogens with one attached hydrogen (secondary N) is 2. The first-order chi connectivity index (χ1) is 15.9. The third kappa shape index (κ3) is 5.23. The van der Waals surface area contributed by atoms with E-state index in [0.717, 1.165) is 48.7 Å². The van der Waals surface area contributed by atoms with Crippen molar-refractivity contribution in [1.82, 2.24) is 24.6 Å². The number of rotatable bonds is 7. The predicted octanol–water partition coefficient (Wildman–Crippen LogP) is 5.01. The molecule has 2 N–H and O–H groups in total. The molecule has 1 aliphatic heterocycles.